The Bertz CT molecular complexity index is 907. The largest absolute Gasteiger partial charge is 0.457 e. The summed E-state index contributed by atoms with van der Waals surface area (Å²) >= 11 is 0. The predicted molar refractivity (Wildman–Crippen MR) is 104 cm³/mol. The molecule has 6 nitrogen and oxygen atoms in total. The third-order valence-electron chi connectivity index (χ3n) is 4.44. The molecule has 136 valence electrons. The average Bonchev–Trinajstić information content (AvgIpc) is 3.25. The molecule has 2 aromatic heterocycles. The normalized spacial score (nSPS) is 13.4. The fourth-order valence-corrected chi connectivity index (χ4v) is 3.03. The number of benzene rings is 1. The molecule has 0 atom stereocenters. The first kappa shape index (κ1) is 17.0. The monoisotopic (exact) mass is 360 g/mol. The van der Waals surface area contributed by atoms with E-state index < -0.39 is 0 Å². The molecule has 1 saturated heterocycles. The second-order valence-corrected chi connectivity index (χ2v) is 6.36. The number of anilines is 2. The summed E-state index contributed by atoms with van der Waals surface area (Å²) in [6.45, 7) is 1.99. The van der Waals surface area contributed by atoms with E-state index in [0.717, 1.165) is 18.9 Å². The molecule has 1 amide bonds. The number of rotatable bonds is 5. The zero-order chi connectivity index (χ0) is 18.5. The number of nitrogens with one attached hydrogen (secondary N) is 1. The Morgan fingerprint density at radius 3 is 2.37 bits per heavy atom. The molecule has 1 fully saturated rings. The van der Waals surface area contributed by atoms with Crippen LogP contribution < -0.4 is 15.0 Å². The topological polar surface area (TPSA) is 67.3 Å². The fourth-order valence-electron chi connectivity index (χ4n) is 3.03. The van der Waals surface area contributed by atoms with Gasteiger partial charge in [0, 0.05) is 42.9 Å². The van der Waals surface area contributed by atoms with E-state index in [0.29, 0.717) is 22.7 Å². The van der Waals surface area contributed by atoms with E-state index >= 15 is 0 Å². The lowest BCUT2D eigenvalue weighted by Gasteiger charge is -2.16. The number of hydrogen-bond acceptors (Lipinski definition) is 5. The smallest absolute Gasteiger partial charge is 0.255 e. The van der Waals surface area contributed by atoms with Crippen molar-refractivity contribution in [1.82, 2.24) is 9.97 Å². The molecule has 27 heavy (non-hydrogen) atoms. The first-order valence-corrected chi connectivity index (χ1v) is 8.98. The SMILES string of the molecule is O=C(Nc1ccc(Oc2ccncc2)cc1)c1ccnc(N2CCCC2)c1. The van der Waals surface area contributed by atoms with E-state index in [-0.39, 0.29) is 5.91 Å². The first-order chi connectivity index (χ1) is 13.3. The van der Waals surface area contributed by atoms with Crippen LogP contribution in [0.25, 0.3) is 0 Å². The summed E-state index contributed by atoms with van der Waals surface area (Å²) in [7, 11) is 0. The van der Waals surface area contributed by atoms with Gasteiger partial charge >= 0.3 is 0 Å². The highest BCUT2D eigenvalue weighted by Crippen LogP contribution is 2.23. The van der Waals surface area contributed by atoms with Crippen molar-refractivity contribution in [1.29, 1.82) is 0 Å². The van der Waals surface area contributed by atoms with Crippen molar-refractivity contribution >= 4 is 17.4 Å². The van der Waals surface area contributed by atoms with Crippen molar-refractivity contribution in [3.63, 3.8) is 0 Å². The fraction of sp³-hybridized carbons (Fsp3) is 0.190. The van der Waals surface area contributed by atoms with Gasteiger partial charge in [0.15, 0.2) is 0 Å². The molecule has 1 aliphatic heterocycles. The summed E-state index contributed by atoms with van der Waals surface area (Å²) < 4.78 is 5.73. The Kier molecular flexibility index (Phi) is 4.96. The molecule has 3 heterocycles. The molecule has 0 spiro atoms. The molecule has 1 aromatic carbocycles. The maximum Gasteiger partial charge on any atom is 0.255 e. The molecular weight excluding hydrogens is 340 g/mol. The second-order valence-electron chi connectivity index (χ2n) is 6.36. The molecular formula is C21H20N4O2. The quantitative estimate of drug-likeness (QED) is 0.741. The molecule has 3 aromatic rings. The van der Waals surface area contributed by atoms with Gasteiger partial charge in [-0.25, -0.2) is 4.98 Å². The van der Waals surface area contributed by atoms with E-state index in [1.807, 2.05) is 30.3 Å². The van der Waals surface area contributed by atoms with Crippen LogP contribution in [0.5, 0.6) is 11.5 Å². The van der Waals surface area contributed by atoms with Crippen LogP contribution in [0.1, 0.15) is 23.2 Å². The van der Waals surface area contributed by atoms with Crippen molar-refractivity contribution in [2.45, 2.75) is 12.8 Å². The number of aromatic nitrogens is 2. The minimum atomic E-state index is -0.152. The molecule has 0 bridgehead atoms. The third kappa shape index (κ3) is 4.23. The van der Waals surface area contributed by atoms with Gasteiger partial charge in [0.2, 0.25) is 0 Å². The van der Waals surface area contributed by atoms with Gasteiger partial charge in [0.05, 0.1) is 0 Å². The number of hydrogen-bond donors (Lipinski definition) is 1. The summed E-state index contributed by atoms with van der Waals surface area (Å²) in [6.07, 6.45) is 7.39. The van der Waals surface area contributed by atoms with Crippen LogP contribution in [-0.2, 0) is 0 Å². The summed E-state index contributed by atoms with van der Waals surface area (Å²) in [4.78, 5) is 23.1. The highest BCUT2D eigenvalue weighted by molar-refractivity contribution is 6.04. The van der Waals surface area contributed by atoms with Crippen molar-refractivity contribution < 1.29 is 9.53 Å². The van der Waals surface area contributed by atoms with E-state index in [4.69, 9.17) is 4.74 Å². The molecule has 6 heteroatoms. The Balaban J connectivity index is 1.41. The van der Waals surface area contributed by atoms with Crippen LogP contribution >= 0.6 is 0 Å². The van der Waals surface area contributed by atoms with Gasteiger partial charge in [-0.1, -0.05) is 0 Å². The van der Waals surface area contributed by atoms with E-state index in [1.54, 1.807) is 36.8 Å². The number of amides is 1. The van der Waals surface area contributed by atoms with Crippen LogP contribution in [0.3, 0.4) is 0 Å². The zero-order valence-electron chi connectivity index (χ0n) is 14.8. The lowest BCUT2D eigenvalue weighted by atomic mass is 10.2. The minimum absolute atomic E-state index is 0.152. The standard InChI is InChI=1S/C21H20N4O2/c26-21(16-7-12-23-20(15-16)25-13-1-2-14-25)24-17-3-5-18(6-4-17)27-19-8-10-22-11-9-19/h3-12,15H,1-2,13-14H2,(H,24,26). The summed E-state index contributed by atoms with van der Waals surface area (Å²) in [5, 5.41) is 2.92. The number of nitrogens with zero attached hydrogens (tertiary/aromatic N) is 3. The summed E-state index contributed by atoms with van der Waals surface area (Å²) in [5.74, 6) is 2.12. The number of carbonyl (C=O) groups excluding carboxylic acids is 1. The molecule has 1 N–H and O–H groups in total. The van der Waals surface area contributed by atoms with Gasteiger partial charge in [0.1, 0.15) is 17.3 Å². The minimum Gasteiger partial charge on any atom is -0.457 e. The lowest BCUT2D eigenvalue weighted by Crippen LogP contribution is -2.20. The Hall–Kier alpha value is -3.41. The molecule has 0 aliphatic carbocycles. The van der Waals surface area contributed by atoms with Gasteiger partial charge in [-0.3, -0.25) is 9.78 Å². The van der Waals surface area contributed by atoms with E-state index in [2.05, 4.69) is 20.2 Å². The van der Waals surface area contributed by atoms with Gasteiger partial charge in [-0.05, 0) is 61.4 Å². The third-order valence-corrected chi connectivity index (χ3v) is 4.44. The average molecular weight is 360 g/mol. The van der Waals surface area contributed by atoms with E-state index in [9.17, 15) is 4.79 Å². The first-order valence-electron chi connectivity index (χ1n) is 8.98. The van der Waals surface area contributed by atoms with Crippen LogP contribution in [-0.4, -0.2) is 29.0 Å². The van der Waals surface area contributed by atoms with Crippen LogP contribution in [0.15, 0.2) is 67.1 Å². The number of pyridine rings is 2. The van der Waals surface area contributed by atoms with Gasteiger partial charge in [-0.2, -0.15) is 0 Å². The molecule has 0 unspecified atom stereocenters. The van der Waals surface area contributed by atoms with Crippen molar-refractivity contribution in [3.05, 3.63) is 72.7 Å². The maximum absolute atomic E-state index is 12.6. The second kappa shape index (κ2) is 7.86. The van der Waals surface area contributed by atoms with Crippen LogP contribution in [0, 0.1) is 0 Å². The Morgan fingerprint density at radius 2 is 1.63 bits per heavy atom. The molecule has 1 aliphatic rings. The van der Waals surface area contributed by atoms with Gasteiger partial charge in [0.25, 0.3) is 5.91 Å². The number of ether oxygens (including phenoxy) is 1. The van der Waals surface area contributed by atoms with Crippen molar-refractivity contribution in [3.8, 4) is 11.5 Å². The molecule has 4 rings (SSSR count). The van der Waals surface area contributed by atoms with Gasteiger partial charge in [-0.15, -0.1) is 0 Å². The zero-order valence-corrected chi connectivity index (χ0v) is 14.8. The van der Waals surface area contributed by atoms with Crippen LogP contribution in [0.2, 0.25) is 0 Å². The Labute approximate surface area is 157 Å². The molecule has 0 saturated carbocycles. The summed E-state index contributed by atoms with van der Waals surface area (Å²) in [6, 6.07) is 14.4. The maximum atomic E-state index is 12.6. The summed E-state index contributed by atoms with van der Waals surface area (Å²) in [5.41, 5.74) is 1.31. The van der Waals surface area contributed by atoms with Crippen molar-refractivity contribution in [2.75, 3.05) is 23.3 Å². The van der Waals surface area contributed by atoms with E-state index in [1.165, 1.54) is 12.8 Å². The molecule has 0 radical (unpaired) electrons. The van der Waals surface area contributed by atoms with Crippen LogP contribution in [0.4, 0.5) is 11.5 Å². The van der Waals surface area contributed by atoms with Crippen molar-refractivity contribution in [2.24, 2.45) is 0 Å². The number of carbonyl (C=O) groups is 1. The lowest BCUT2D eigenvalue weighted by molar-refractivity contribution is 0.102. The Morgan fingerprint density at radius 1 is 0.926 bits per heavy atom. The van der Waals surface area contributed by atoms with Gasteiger partial charge < -0.3 is 15.0 Å². The predicted octanol–water partition coefficient (Wildman–Crippen LogP) is 4.12. The highest BCUT2D eigenvalue weighted by Gasteiger charge is 2.15. The highest BCUT2D eigenvalue weighted by atomic mass is 16.5.